The van der Waals surface area contributed by atoms with Crippen LogP contribution >= 0.6 is 0 Å². The summed E-state index contributed by atoms with van der Waals surface area (Å²) in [7, 11) is 0. The summed E-state index contributed by atoms with van der Waals surface area (Å²) in [5.41, 5.74) is 1.12. The lowest BCUT2D eigenvalue weighted by Gasteiger charge is -2.15. The average Bonchev–Trinajstić information content (AvgIpc) is 3.22. The van der Waals surface area contributed by atoms with Crippen molar-refractivity contribution in [2.75, 3.05) is 6.61 Å². The fraction of sp³-hybridized carbons (Fsp3) is 0.333. The zero-order valence-corrected chi connectivity index (χ0v) is 11.0. The average molecular weight is 272 g/mol. The summed E-state index contributed by atoms with van der Waals surface area (Å²) in [5.74, 6) is 0.866. The van der Waals surface area contributed by atoms with Crippen LogP contribution in [0.4, 0.5) is 0 Å². The zero-order valence-electron chi connectivity index (χ0n) is 11.0. The highest BCUT2D eigenvalue weighted by molar-refractivity contribution is 5.92. The molecule has 0 saturated heterocycles. The third-order valence-corrected chi connectivity index (χ3v) is 3.43. The highest BCUT2D eigenvalue weighted by Crippen LogP contribution is 2.40. The van der Waals surface area contributed by atoms with Crippen LogP contribution in [0.2, 0.25) is 0 Å². The Morgan fingerprint density at radius 1 is 1.40 bits per heavy atom. The number of carbonyl (C=O) groups excluding carboxylic acids is 1. The predicted octanol–water partition coefficient (Wildman–Crippen LogP) is 2.02. The predicted molar refractivity (Wildman–Crippen MR) is 72.2 cm³/mol. The van der Waals surface area contributed by atoms with E-state index in [0.717, 1.165) is 24.2 Å². The second-order valence-electron chi connectivity index (χ2n) is 5.01. The third kappa shape index (κ3) is 2.72. The molecule has 1 aliphatic carbocycles. The summed E-state index contributed by atoms with van der Waals surface area (Å²) >= 11 is 0. The van der Waals surface area contributed by atoms with Crippen LogP contribution in [0.1, 0.15) is 46.6 Å². The molecule has 1 aromatic heterocycles. The SMILES string of the molecule is O=C(NC(CO)c1ccccc1)c1cc(C2CC2)on1. The number of amides is 1. The Hall–Kier alpha value is -2.14. The molecule has 5 heteroatoms. The number of benzene rings is 1. The Kier molecular flexibility index (Phi) is 3.52. The van der Waals surface area contributed by atoms with Gasteiger partial charge < -0.3 is 14.9 Å². The number of rotatable bonds is 5. The molecule has 1 fully saturated rings. The number of hydrogen-bond acceptors (Lipinski definition) is 4. The van der Waals surface area contributed by atoms with E-state index in [1.807, 2.05) is 30.3 Å². The molecule has 1 amide bonds. The van der Waals surface area contributed by atoms with Crippen LogP contribution in [0.25, 0.3) is 0 Å². The molecule has 0 radical (unpaired) electrons. The molecule has 0 bridgehead atoms. The number of aliphatic hydroxyl groups excluding tert-OH is 1. The number of nitrogens with one attached hydrogen (secondary N) is 1. The van der Waals surface area contributed by atoms with E-state index < -0.39 is 6.04 Å². The largest absolute Gasteiger partial charge is 0.394 e. The van der Waals surface area contributed by atoms with E-state index in [1.165, 1.54) is 0 Å². The van der Waals surface area contributed by atoms with E-state index in [1.54, 1.807) is 6.07 Å². The molecule has 1 atom stereocenters. The lowest BCUT2D eigenvalue weighted by atomic mass is 10.1. The van der Waals surface area contributed by atoms with E-state index in [0.29, 0.717) is 5.92 Å². The molecule has 1 unspecified atom stereocenters. The minimum absolute atomic E-state index is 0.164. The van der Waals surface area contributed by atoms with Gasteiger partial charge in [0.1, 0.15) is 5.76 Å². The zero-order chi connectivity index (χ0) is 13.9. The first-order valence-corrected chi connectivity index (χ1v) is 6.71. The molecular weight excluding hydrogens is 256 g/mol. The van der Waals surface area contributed by atoms with Gasteiger partial charge in [-0.1, -0.05) is 35.5 Å². The smallest absolute Gasteiger partial charge is 0.274 e. The van der Waals surface area contributed by atoms with E-state index in [9.17, 15) is 9.90 Å². The molecule has 2 aromatic rings. The lowest BCUT2D eigenvalue weighted by molar-refractivity contribution is 0.0907. The second-order valence-corrected chi connectivity index (χ2v) is 5.01. The van der Waals surface area contributed by atoms with Crippen LogP contribution in [-0.4, -0.2) is 22.8 Å². The Labute approximate surface area is 116 Å². The van der Waals surface area contributed by atoms with Crippen molar-refractivity contribution >= 4 is 5.91 Å². The number of hydrogen-bond donors (Lipinski definition) is 2. The Bertz CT molecular complexity index is 590. The molecule has 1 aliphatic rings. The van der Waals surface area contributed by atoms with Gasteiger partial charge in [-0.3, -0.25) is 4.79 Å². The van der Waals surface area contributed by atoms with Gasteiger partial charge in [-0.2, -0.15) is 0 Å². The fourth-order valence-electron chi connectivity index (χ4n) is 2.11. The topological polar surface area (TPSA) is 75.4 Å². The standard InChI is InChI=1S/C15H16N2O3/c18-9-13(10-4-2-1-3-5-10)16-15(19)12-8-14(20-17-12)11-6-7-11/h1-5,8,11,13,18H,6-7,9H2,(H,16,19). The van der Waals surface area contributed by atoms with E-state index in [4.69, 9.17) is 4.52 Å². The van der Waals surface area contributed by atoms with Crippen molar-refractivity contribution in [1.29, 1.82) is 0 Å². The summed E-state index contributed by atoms with van der Waals surface area (Å²) in [6.07, 6.45) is 2.19. The molecule has 1 heterocycles. The van der Waals surface area contributed by atoms with Gasteiger partial charge in [0.05, 0.1) is 12.6 Å². The first-order valence-electron chi connectivity index (χ1n) is 6.71. The van der Waals surface area contributed by atoms with Gasteiger partial charge in [-0.25, -0.2) is 0 Å². The molecule has 3 rings (SSSR count). The minimum atomic E-state index is -0.440. The van der Waals surface area contributed by atoms with E-state index in [2.05, 4.69) is 10.5 Å². The van der Waals surface area contributed by atoms with Gasteiger partial charge in [0.15, 0.2) is 5.69 Å². The van der Waals surface area contributed by atoms with Crippen molar-refractivity contribution in [3.05, 3.63) is 53.4 Å². The molecule has 0 aliphatic heterocycles. The monoisotopic (exact) mass is 272 g/mol. The van der Waals surface area contributed by atoms with Crippen LogP contribution < -0.4 is 5.32 Å². The summed E-state index contributed by atoms with van der Waals surface area (Å²) in [5, 5.41) is 16.0. The first-order chi connectivity index (χ1) is 9.78. The molecule has 104 valence electrons. The normalized spacial score (nSPS) is 15.8. The Morgan fingerprint density at radius 2 is 2.15 bits per heavy atom. The van der Waals surface area contributed by atoms with Gasteiger partial charge in [-0.15, -0.1) is 0 Å². The number of aromatic nitrogens is 1. The summed E-state index contributed by atoms with van der Waals surface area (Å²) < 4.78 is 5.16. The van der Waals surface area contributed by atoms with E-state index in [-0.39, 0.29) is 18.2 Å². The number of aliphatic hydroxyl groups is 1. The molecule has 1 saturated carbocycles. The summed E-state index contributed by atoms with van der Waals surface area (Å²) in [4.78, 5) is 12.1. The van der Waals surface area contributed by atoms with Gasteiger partial charge in [0.2, 0.25) is 0 Å². The molecule has 1 aromatic carbocycles. The maximum absolute atomic E-state index is 12.1. The van der Waals surface area contributed by atoms with Crippen molar-refractivity contribution in [1.82, 2.24) is 10.5 Å². The minimum Gasteiger partial charge on any atom is -0.394 e. The summed E-state index contributed by atoms with van der Waals surface area (Å²) in [6.45, 7) is -0.164. The van der Waals surface area contributed by atoms with Crippen LogP contribution in [0, 0.1) is 0 Å². The van der Waals surface area contributed by atoms with Crippen LogP contribution in [0.3, 0.4) is 0 Å². The van der Waals surface area contributed by atoms with Crippen LogP contribution in [0.15, 0.2) is 40.9 Å². The van der Waals surface area contributed by atoms with Gasteiger partial charge in [0, 0.05) is 12.0 Å². The van der Waals surface area contributed by atoms with Gasteiger partial charge in [0.25, 0.3) is 5.91 Å². The van der Waals surface area contributed by atoms with Crippen molar-refractivity contribution in [3.8, 4) is 0 Å². The quantitative estimate of drug-likeness (QED) is 0.873. The summed E-state index contributed by atoms with van der Waals surface area (Å²) in [6, 6.07) is 10.6. The van der Waals surface area contributed by atoms with E-state index >= 15 is 0 Å². The highest BCUT2D eigenvalue weighted by atomic mass is 16.5. The lowest BCUT2D eigenvalue weighted by Crippen LogP contribution is -2.30. The molecule has 0 spiro atoms. The van der Waals surface area contributed by atoms with Crippen molar-refractivity contribution in [2.24, 2.45) is 0 Å². The maximum atomic E-state index is 12.1. The van der Waals surface area contributed by atoms with Gasteiger partial charge >= 0.3 is 0 Å². The fourth-order valence-corrected chi connectivity index (χ4v) is 2.11. The van der Waals surface area contributed by atoms with Crippen molar-refractivity contribution in [2.45, 2.75) is 24.8 Å². The molecule has 2 N–H and O–H groups in total. The molecule has 20 heavy (non-hydrogen) atoms. The second kappa shape index (κ2) is 5.46. The van der Waals surface area contributed by atoms with Crippen molar-refractivity contribution in [3.63, 3.8) is 0 Å². The highest BCUT2D eigenvalue weighted by Gasteiger charge is 2.29. The van der Waals surface area contributed by atoms with Crippen LogP contribution in [0.5, 0.6) is 0 Å². The first kappa shape index (κ1) is 12.9. The molecule has 5 nitrogen and oxygen atoms in total. The Balaban J connectivity index is 1.70. The number of nitrogens with zero attached hydrogens (tertiary/aromatic N) is 1. The van der Waals surface area contributed by atoms with Crippen LogP contribution in [-0.2, 0) is 0 Å². The number of carbonyl (C=O) groups is 1. The van der Waals surface area contributed by atoms with Gasteiger partial charge in [-0.05, 0) is 18.4 Å². The van der Waals surface area contributed by atoms with Crippen molar-refractivity contribution < 1.29 is 14.4 Å². The maximum Gasteiger partial charge on any atom is 0.274 e. The molecular formula is C15H16N2O3. The Morgan fingerprint density at radius 3 is 2.80 bits per heavy atom. The third-order valence-electron chi connectivity index (χ3n) is 3.43.